The Balaban J connectivity index is 2.41. The summed E-state index contributed by atoms with van der Waals surface area (Å²) in [6.45, 7) is 7.32. The molecule has 108 valence electrons. The van der Waals surface area contributed by atoms with E-state index in [-0.39, 0.29) is 11.8 Å². The molecule has 4 nitrogen and oxygen atoms in total. The molecule has 0 radical (unpaired) electrons. The molecule has 0 N–H and O–H groups in total. The minimum absolute atomic E-state index is 0.0995. The first-order valence-electron chi connectivity index (χ1n) is 7.17. The molecule has 2 rings (SSSR count). The molecular formula is C16H22N2O2. The van der Waals surface area contributed by atoms with E-state index in [0.29, 0.717) is 19.0 Å². The highest BCUT2D eigenvalue weighted by atomic mass is 16.2. The third-order valence-corrected chi connectivity index (χ3v) is 3.70. The molecule has 0 spiro atoms. The van der Waals surface area contributed by atoms with Gasteiger partial charge in [-0.25, -0.2) is 0 Å². The van der Waals surface area contributed by atoms with Crippen molar-refractivity contribution in [1.82, 2.24) is 0 Å². The second-order valence-electron chi connectivity index (χ2n) is 5.82. The average molecular weight is 274 g/mol. The lowest BCUT2D eigenvalue weighted by Crippen LogP contribution is -2.37. The number of nitrogens with zero attached hydrogens (tertiary/aromatic N) is 2. The molecule has 1 aromatic rings. The smallest absolute Gasteiger partial charge is 0.231 e. The third-order valence-electron chi connectivity index (χ3n) is 3.70. The van der Waals surface area contributed by atoms with E-state index >= 15 is 0 Å². The van der Waals surface area contributed by atoms with Crippen molar-refractivity contribution in [3.05, 3.63) is 24.3 Å². The van der Waals surface area contributed by atoms with E-state index in [0.717, 1.165) is 24.2 Å². The molecule has 1 atom stereocenters. The van der Waals surface area contributed by atoms with E-state index in [4.69, 9.17) is 0 Å². The van der Waals surface area contributed by atoms with Gasteiger partial charge < -0.3 is 9.80 Å². The van der Waals surface area contributed by atoms with Gasteiger partial charge in [0.2, 0.25) is 12.3 Å². The number of amides is 2. The number of carbonyl (C=O) groups excluding carboxylic acids is 2. The summed E-state index contributed by atoms with van der Waals surface area (Å²) in [5.74, 6) is 0.456. The van der Waals surface area contributed by atoms with Gasteiger partial charge in [-0.15, -0.1) is 0 Å². The maximum absolute atomic E-state index is 12.6. The van der Waals surface area contributed by atoms with Gasteiger partial charge in [0.05, 0.1) is 17.3 Å². The van der Waals surface area contributed by atoms with Crippen molar-refractivity contribution >= 4 is 23.7 Å². The van der Waals surface area contributed by atoms with Gasteiger partial charge in [0, 0.05) is 13.1 Å². The Morgan fingerprint density at radius 2 is 1.95 bits per heavy atom. The summed E-state index contributed by atoms with van der Waals surface area (Å²) in [7, 11) is 0. The second kappa shape index (κ2) is 6.07. The van der Waals surface area contributed by atoms with Crippen LogP contribution in [0.4, 0.5) is 11.4 Å². The van der Waals surface area contributed by atoms with E-state index in [1.54, 1.807) is 4.90 Å². The van der Waals surface area contributed by atoms with Crippen LogP contribution in [0.1, 0.15) is 27.2 Å². The van der Waals surface area contributed by atoms with Gasteiger partial charge in [0.25, 0.3) is 0 Å². The Morgan fingerprint density at radius 3 is 2.55 bits per heavy atom. The largest absolute Gasteiger partial charge is 0.312 e. The lowest BCUT2D eigenvalue weighted by Gasteiger charge is -2.25. The Bertz CT molecular complexity index is 499. The van der Waals surface area contributed by atoms with Crippen LogP contribution >= 0.6 is 0 Å². The fraction of sp³-hybridized carbons (Fsp3) is 0.500. The molecule has 1 aliphatic heterocycles. The number of rotatable bonds is 4. The first-order chi connectivity index (χ1) is 9.54. The van der Waals surface area contributed by atoms with Crippen LogP contribution in [-0.2, 0) is 9.59 Å². The van der Waals surface area contributed by atoms with Gasteiger partial charge in [0.1, 0.15) is 0 Å². The van der Waals surface area contributed by atoms with E-state index < -0.39 is 0 Å². The van der Waals surface area contributed by atoms with Crippen molar-refractivity contribution in [3.8, 4) is 0 Å². The zero-order chi connectivity index (χ0) is 14.7. The monoisotopic (exact) mass is 274 g/mol. The average Bonchev–Trinajstić information content (AvgIpc) is 2.53. The van der Waals surface area contributed by atoms with Crippen molar-refractivity contribution < 1.29 is 9.59 Å². The van der Waals surface area contributed by atoms with Gasteiger partial charge >= 0.3 is 0 Å². The number of carbonyl (C=O) groups is 2. The molecule has 4 heteroatoms. The number of fused-ring (bicyclic) bond motifs is 1. The molecule has 1 heterocycles. The number of benzene rings is 1. The summed E-state index contributed by atoms with van der Waals surface area (Å²) in [6, 6.07) is 7.63. The van der Waals surface area contributed by atoms with E-state index in [1.807, 2.05) is 36.1 Å². The molecule has 1 aliphatic rings. The molecular weight excluding hydrogens is 252 g/mol. The van der Waals surface area contributed by atoms with Crippen molar-refractivity contribution in [1.29, 1.82) is 0 Å². The predicted molar refractivity (Wildman–Crippen MR) is 80.8 cm³/mol. The molecule has 0 saturated heterocycles. The van der Waals surface area contributed by atoms with Crippen LogP contribution in [0.25, 0.3) is 0 Å². The van der Waals surface area contributed by atoms with Crippen LogP contribution in [-0.4, -0.2) is 25.4 Å². The van der Waals surface area contributed by atoms with Gasteiger partial charge in [0.15, 0.2) is 0 Å². The van der Waals surface area contributed by atoms with Crippen LogP contribution in [0.5, 0.6) is 0 Å². The first-order valence-corrected chi connectivity index (χ1v) is 7.17. The zero-order valence-electron chi connectivity index (χ0n) is 12.4. The minimum atomic E-state index is -0.181. The summed E-state index contributed by atoms with van der Waals surface area (Å²) in [5, 5.41) is 0. The lowest BCUT2D eigenvalue weighted by molar-refractivity contribution is -0.121. The van der Waals surface area contributed by atoms with Crippen molar-refractivity contribution in [2.45, 2.75) is 27.2 Å². The maximum atomic E-state index is 12.6. The van der Waals surface area contributed by atoms with Gasteiger partial charge in [-0.1, -0.05) is 32.9 Å². The van der Waals surface area contributed by atoms with Crippen LogP contribution in [0.2, 0.25) is 0 Å². The molecule has 0 aliphatic carbocycles. The Kier molecular flexibility index (Phi) is 4.42. The SMILES string of the molecule is CC(C)CCN1C(=O)[C@@H](C)CN(C=O)c2ccccc21. The Hall–Kier alpha value is -1.84. The van der Waals surface area contributed by atoms with Gasteiger partial charge in [-0.3, -0.25) is 9.59 Å². The first kappa shape index (κ1) is 14.6. The van der Waals surface area contributed by atoms with Crippen LogP contribution in [0, 0.1) is 11.8 Å². The second-order valence-corrected chi connectivity index (χ2v) is 5.82. The lowest BCUT2D eigenvalue weighted by atomic mass is 10.1. The standard InChI is InChI=1S/C16H22N2O2/c1-12(2)8-9-18-15-7-5-4-6-14(15)17(11-19)10-13(3)16(18)20/h4-7,11-13H,8-10H2,1-3H3/t13-/m0/s1. The number of anilines is 2. The fourth-order valence-corrected chi connectivity index (χ4v) is 2.51. The molecule has 20 heavy (non-hydrogen) atoms. The van der Waals surface area contributed by atoms with E-state index in [9.17, 15) is 9.59 Å². The fourth-order valence-electron chi connectivity index (χ4n) is 2.51. The zero-order valence-corrected chi connectivity index (χ0v) is 12.4. The molecule has 0 unspecified atom stereocenters. The van der Waals surface area contributed by atoms with Crippen molar-refractivity contribution in [2.75, 3.05) is 22.9 Å². The maximum Gasteiger partial charge on any atom is 0.231 e. The summed E-state index contributed by atoms with van der Waals surface area (Å²) in [5.41, 5.74) is 1.67. The minimum Gasteiger partial charge on any atom is -0.312 e. The quantitative estimate of drug-likeness (QED) is 0.792. The molecule has 0 aromatic heterocycles. The van der Waals surface area contributed by atoms with E-state index in [2.05, 4.69) is 13.8 Å². The number of hydrogen-bond donors (Lipinski definition) is 0. The topological polar surface area (TPSA) is 40.6 Å². The Morgan fingerprint density at radius 1 is 1.30 bits per heavy atom. The molecule has 0 saturated carbocycles. The third kappa shape index (κ3) is 2.84. The summed E-state index contributed by atoms with van der Waals surface area (Å²) in [4.78, 5) is 27.3. The predicted octanol–water partition coefficient (Wildman–Crippen LogP) is 2.68. The number of para-hydroxylation sites is 2. The normalized spacial score (nSPS) is 19.0. The van der Waals surface area contributed by atoms with Crippen molar-refractivity contribution in [3.63, 3.8) is 0 Å². The summed E-state index contributed by atoms with van der Waals surface area (Å²) in [6.07, 6.45) is 1.77. The Labute approximate surface area is 120 Å². The van der Waals surface area contributed by atoms with Gasteiger partial charge in [-0.2, -0.15) is 0 Å². The van der Waals surface area contributed by atoms with Crippen LogP contribution in [0.3, 0.4) is 0 Å². The summed E-state index contributed by atoms with van der Waals surface area (Å²) < 4.78 is 0. The summed E-state index contributed by atoms with van der Waals surface area (Å²) >= 11 is 0. The van der Waals surface area contributed by atoms with Crippen molar-refractivity contribution in [2.24, 2.45) is 11.8 Å². The molecule has 0 bridgehead atoms. The highest BCUT2D eigenvalue weighted by molar-refractivity contribution is 6.02. The molecule has 2 amide bonds. The van der Waals surface area contributed by atoms with Crippen LogP contribution in [0.15, 0.2) is 24.3 Å². The van der Waals surface area contributed by atoms with Gasteiger partial charge in [-0.05, 0) is 24.5 Å². The number of hydrogen-bond acceptors (Lipinski definition) is 2. The van der Waals surface area contributed by atoms with E-state index in [1.165, 1.54) is 0 Å². The van der Waals surface area contributed by atoms with Crippen LogP contribution < -0.4 is 9.80 Å². The molecule has 1 aromatic carbocycles. The highest BCUT2D eigenvalue weighted by Gasteiger charge is 2.30. The molecule has 0 fully saturated rings. The highest BCUT2D eigenvalue weighted by Crippen LogP contribution is 2.33.